The molecule has 0 aliphatic carbocycles. The van der Waals surface area contributed by atoms with Gasteiger partial charge in [0.15, 0.2) is 11.4 Å². The van der Waals surface area contributed by atoms with Crippen LogP contribution in [0.2, 0.25) is 5.02 Å². The lowest BCUT2D eigenvalue weighted by atomic mass is 10.2. The Bertz CT molecular complexity index is 935. The summed E-state index contributed by atoms with van der Waals surface area (Å²) in [6, 6.07) is 9.02. The summed E-state index contributed by atoms with van der Waals surface area (Å²) in [5.74, 6) is 0. The molecular formula is C14H3ClN6S2. The monoisotopic (exact) mass is 354 g/mol. The molecule has 6 nitrogen and oxygen atoms in total. The molecule has 9 heteroatoms. The van der Waals surface area contributed by atoms with Crippen LogP contribution < -0.4 is 0 Å². The first kappa shape index (κ1) is 15.3. The van der Waals surface area contributed by atoms with Crippen LogP contribution >= 0.6 is 35.1 Å². The quantitative estimate of drug-likeness (QED) is 0.717. The molecule has 0 amide bonds. The molecule has 0 saturated carbocycles. The van der Waals surface area contributed by atoms with E-state index in [1.165, 1.54) is 29.7 Å². The molecule has 0 fully saturated rings. The Balaban J connectivity index is 2.09. The Kier molecular flexibility index (Phi) is 4.18. The van der Waals surface area contributed by atoms with Crippen molar-refractivity contribution in [1.82, 2.24) is 15.0 Å². The zero-order valence-corrected chi connectivity index (χ0v) is 13.5. The van der Waals surface area contributed by atoms with E-state index in [0.29, 0.717) is 30.6 Å². The largest absolute Gasteiger partial charge is 0.255 e. The first-order valence-corrected chi connectivity index (χ1v) is 8.01. The molecule has 0 unspecified atom stereocenters. The number of thioether (sulfide) groups is 2. The van der Waals surface area contributed by atoms with Crippen molar-refractivity contribution in [3.8, 4) is 18.2 Å². The van der Waals surface area contributed by atoms with Crippen molar-refractivity contribution >= 4 is 40.7 Å². The Morgan fingerprint density at radius 3 is 2.13 bits per heavy atom. The summed E-state index contributed by atoms with van der Waals surface area (Å²) in [4.78, 5) is 12.4. The lowest BCUT2D eigenvalue weighted by Crippen LogP contribution is -1.96. The zero-order chi connectivity index (χ0) is 16.4. The highest BCUT2D eigenvalue weighted by Crippen LogP contribution is 2.51. The van der Waals surface area contributed by atoms with Gasteiger partial charge in [0.1, 0.15) is 28.3 Å². The second kappa shape index (κ2) is 6.28. The molecule has 0 N–H and O–H groups in total. The number of nitrogens with zero attached hydrogens (tertiary/aromatic N) is 6. The summed E-state index contributed by atoms with van der Waals surface area (Å²) in [6.07, 6.45) is 1.52. The van der Waals surface area contributed by atoms with Crippen LogP contribution in [0.15, 0.2) is 32.6 Å². The van der Waals surface area contributed by atoms with E-state index in [0.717, 1.165) is 0 Å². The molecule has 3 rings (SSSR count). The smallest absolute Gasteiger partial charge is 0.178 e. The van der Waals surface area contributed by atoms with Crippen LogP contribution in [0, 0.1) is 34.0 Å². The Labute approximate surface area is 144 Å². The highest BCUT2D eigenvalue weighted by molar-refractivity contribution is 8.24. The van der Waals surface area contributed by atoms with Crippen LogP contribution in [0.4, 0.5) is 0 Å². The predicted molar refractivity (Wildman–Crippen MR) is 85.0 cm³/mol. The normalized spacial score (nSPS) is 12.0. The third kappa shape index (κ3) is 2.86. The fourth-order valence-corrected chi connectivity index (χ4v) is 4.19. The average molecular weight is 355 g/mol. The van der Waals surface area contributed by atoms with Crippen LogP contribution in [-0.4, -0.2) is 15.0 Å². The summed E-state index contributed by atoms with van der Waals surface area (Å²) in [5.41, 5.74) is 0.739. The van der Waals surface area contributed by atoms with Gasteiger partial charge in [-0.05, 0) is 12.1 Å². The highest BCUT2D eigenvalue weighted by Gasteiger charge is 2.27. The average Bonchev–Trinajstić information content (AvgIpc) is 2.96. The van der Waals surface area contributed by atoms with Gasteiger partial charge in [0.2, 0.25) is 0 Å². The Hall–Kier alpha value is -2.57. The van der Waals surface area contributed by atoms with Crippen molar-refractivity contribution in [2.24, 2.45) is 0 Å². The minimum atomic E-state index is -0.0278. The summed E-state index contributed by atoms with van der Waals surface area (Å²) in [5, 5.41) is 28.9. The number of allylic oxidation sites excluding steroid dienone is 1. The van der Waals surface area contributed by atoms with Crippen molar-refractivity contribution in [2.45, 2.75) is 10.1 Å². The van der Waals surface area contributed by atoms with Crippen molar-refractivity contribution in [2.75, 3.05) is 0 Å². The van der Waals surface area contributed by atoms with E-state index in [1.807, 2.05) is 12.1 Å². The highest BCUT2D eigenvalue weighted by atomic mass is 35.5. The van der Waals surface area contributed by atoms with Crippen molar-refractivity contribution < 1.29 is 0 Å². The Morgan fingerprint density at radius 2 is 1.65 bits per heavy atom. The summed E-state index contributed by atoms with van der Waals surface area (Å²) < 4.78 is 0.635. The standard InChI is InChI=1S/C14H3ClN6S2/c15-7-1-2-19-9(3-7)8(4-16)14-22-12-13(23-14)21-11(6-18)10(5-17)20-12/h1-3H. The van der Waals surface area contributed by atoms with Gasteiger partial charge in [-0.2, -0.15) is 15.8 Å². The zero-order valence-electron chi connectivity index (χ0n) is 11.1. The molecule has 23 heavy (non-hydrogen) atoms. The van der Waals surface area contributed by atoms with Crippen LogP contribution in [0.25, 0.3) is 5.57 Å². The number of hydrogen-bond acceptors (Lipinski definition) is 8. The first-order valence-electron chi connectivity index (χ1n) is 6.00. The summed E-state index contributed by atoms with van der Waals surface area (Å²) >= 11 is 8.38. The molecule has 2 aromatic heterocycles. The minimum Gasteiger partial charge on any atom is -0.255 e. The number of rotatable bonds is 1. The van der Waals surface area contributed by atoms with Gasteiger partial charge < -0.3 is 0 Å². The van der Waals surface area contributed by atoms with Crippen molar-refractivity contribution in [3.05, 3.63) is 44.7 Å². The second-order valence-corrected chi connectivity index (χ2v) is 6.79. The number of hydrogen-bond donors (Lipinski definition) is 0. The van der Waals surface area contributed by atoms with Crippen LogP contribution in [0.3, 0.4) is 0 Å². The summed E-state index contributed by atoms with van der Waals surface area (Å²) in [6.45, 7) is 0. The molecule has 0 saturated heterocycles. The van der Waals surface area contributed by atoms with Crippen molar-refractivity contribution in [1.29, 1.82) is 15.8 Å². The SMILES string of the molecule is N#CC(=C1Sc2nc(C#N)c(C#N)nc2S1)c1cc(Cl)ccn1. The van der Waals surface area contributed by atoms with E-state index in [1.54, 1.807) is 12.1 Å². The minimum absolute atomic E-state index is 0.0278. The number of pyridine rings is 1. The molecular weight excluding hydrogens is 352 g/mol. The molecule has 0 spiro atoms. The van der Waals surface area contributed by atoms with E-state index in [9.17, 15) is 5.26 Å². The van der Waals surface area contributed by atoms with E-state index in [-0.39, 0.29) is 11.4 Å². The molecule has 0 bridgehead atoms. The van der Waals surface area contributed by atoms with Gasteiger partial charge in [0.05, 0.1) is 15.5 Å². The molecule has 0 atom stereocenters. The molecule has 1 aliphatic rings. The number of fused-ring (bicyclic) bond motifs is 1. The molecule has 2 aromatic rings. The fraction of sp³-hybridized carbons (Fsp3) is 0. The molecule has 0 radical (unpaired) electrons. The third-order valence-corrected chi connectivity index (χ3v) is 5.32. The summed E-state index contributed by atoms with van der Waals surface area (Å²) in [7, 11) is 0. The maximum atomic E-state index is 9.45. The van der Waals surface area contributed by atoms with Gasteiger partial charge in [-0.15, -0.1) is 0 Å². The molecule has 0 aromatic carbocycles. The third-order valence-electron chi connectivity index (χ3n) is 2.72. The predicted octanol–water partition coefficient (Wildman–Crippen LogP) is 3.36. The maximum Gasteiger partial charge on any atom is 0.178 e. The number of halogens is 1. The maximum absolute atomic E-state index is 9.45. The lowest BCUT2D eigenvalue weighted by molar-refractivity contribution is 0.902. The topological polar surface area (TPSA) is 110 Å². The molecule has 1 aliphatic heterocycles. The van der Waals surface area contributed by atoms with E-state index < -0.39 is 0 Å². The van der Waals surface area contributed by atoms with Crippen molar-refractivity contribution in [3.63, 3.8) is 0 Å². The lowest BCUT2D eigenvalue weighted by Gasteiger charge is -2.01. The van der Waals surface area contributed by atoms with Gasteiger partial charge in [-0.3, -0.25) is 4.98 Å². The number of nitriles is 3. The van der Waals surface area contributed by atoms with Gasteiger partial charge in [-0.1, -0.05) is 35.1 Å². The van der Waals surface area contributed by atoms with E-state index >= 15 is 0 Å². The van der Waals surface area contributed by atoms with Gasteiger partial charge >= 0.3 is 0 Å². The van der Waals surface area contributed by atoms with Crippen LogP contribution in [0.1, 0.15) is 17.1 Å². The van der Waals surface area contributed by atoms with Gasteiger partial charge in [0.25, 0.3) is 0 Å². The number of aromatic nitrogens is 3. The molecule has 108 valence electrons. The van der Waals surface area contributed by atoms with Gasteiger partial charge in [-0.25, -0.2) is 9.97 Å². The molecule has 3 heterocycles. The van der Waals surface area contributed by atoms with Crippen LogP contribution in [0.5, 0.6) is 0 Å². The Morgan fingerprint density at radius 1 is 1.04 bits per heavy atom. The second-order valence-electron chi connectivity index (χ2n) is 4.09. The first-order chi connectivity index (χ1) is 11.2. The fourth-order valence-electron chi connectivity index (χ4n) is 1.74. The van der Waals surface area contributed by atoms with E-state index in [4.69, 9.17) is 22.1 Å². The van der Waals surface area contributed by atoms with Crippen LogP contribution in [-0.2, 0) is 0 Å². The van der Waals surface area contributed by atoms with Gasteiger partial charge in [0, 0.05) is 11.2 Å². The van der Waals surface area contributed by atoms with E-state index in [2.05, 4.69) is 21.0 Å².